The second-order valence-electron chi connectivity index (χ2n) is 4.83. The molecule has 0 bridgehead atoms. The van der Waals surface area contributed by atoms with Crippen molar-refractivity contribution in [2.24, 2.45) is 0 Å². The number of anilines is 1. The van der Waals surface area contributed by atoms with Gasteiger partial charge in [-0.1, -0.05) is 12.1 Å². The quantitative estimate of drug-likeness (QED) is 0.827. The lowest BCUT2D eigenvalue weighted by molar-refractivity contribution is 0.459. The van der Waals surface area contributed by atoms with Crippen LogP contribution in [0.5, 0.6) is 11.6 Å². The fourth-order valence-corrected chi connectivity index (χ4v) is 1.91. The van der Waals surface area contributed by atoms with Gasteiger partial charge < -0.3 is 15.5 Å². The molecule has 0 aliphatic heterocycles. The molecule has 1 heterocycles. The largest absolute Gasteiger partial charge is 0.437 e. The molecule has 5 nitrogen and oxygen atoms in total. The minimum absolute atomic E-state index is 0.196. The van der Waals surface area contributed by atoms with Crippen molar-refractivity contribution < 1.29 is 4.74 Å². The Bertz CT molecular complexity index is 675. The number of nitrogens with two attached hydrogens (primary N) is 1. The maximum Gasteiger partial charge on any atom is 0.254 e. The van der Waals surface area contributed by atoms with E-state index in [0.29, 0.717) is 29.1 Å². The van der Waals surface area contributed by atoms with Crippen molar-refractivity contribution in [2.45, 2.75) is 25.7 Å². The predicted molar refractivity (Wildman–Crippen MR) is 72.5 cm³/mol. The summed E-state index contributed by atoms with van der Waals surface area (Å²) in [6.45, 7) is 1.91. The van der Waals surface area contributed by atoms with Gasteiger partial charge in [-0.15, -0.1) is 0 Å². The minimum Gasteiger partial charge on any atom is -0.437 e. The van der Waals surface area contributed by atoms with Crippen molar-refractivity contribution >= 4 is 5.69 Å². The van der Waals surface area contributed by atoms with Crippen molar-refractivity contribution in [3.63, 3.8) is 0 Å². The van der Waals surface area contributed by atoms with Crippen LogP contribution in [0, 0.1) is 6.92 Å². The Labute approximate surface area is 110 Å². The van der Waals surface area contributed by atoms with E-state index in [2.05, 4.69) is 9.97 Å². The predicted octanol–water partition coefficient (Wildman–Crippen LogP) is 2.33. The summed E-state index contributed by atoms with van der Waals surface area (Å²) in [5.41, 5.74) is 7.25. The van der Waals surface area contributed by atoms with E-state index < -0.39 is 0 Å². The van der Waals surface area contributed by atoms with Crippen LogP contribution in [0.2, 0.25) is 0 Å². The second kappa shape index (κ2) is 4.42. The lowest BCUT2D eigenvalue weighted by Gasteiger charge is -2.09. The molecule has 2 aromatic rings. The topological polar surface area (TPSA) is 81.0 Å². The Hall–Kier alpha value is -2.30. The summed E-state index contributed by atoms with van der Waals surface area (Å²) in [5.74, 6) is 1.89. The summed E-state index contributed by atoms with van der Waals surface area (Å²) < 4.78 is 5.63. The zero-order valence-corrected chi connectivity index (χ0v) is 10.6. The summed E-state index contributed by atoms with van der Waals surface area (Å²) in [7, 11) is 0. The number of hydrogen-bond acceptors (Lipinski definition) is 4. The Balaban J connectivity index is 1.94. The molecule has 98 valence electrons. The average Bonchev–Trinajstić information content (AvgIpc) is 3.18. The monoisotopic (exact) mass is 257 g/mol. The molecule has 0 saturated heterocycles. The van der Waals surface area contributed by atoms with Crippen LogP contribution in [0.3, 0.4) is 0 Å². The molecule has 0 amide bonds. The molecular formula is C14H15N3O2. The molecule has 1 aromatic heterocycles. The van der Waals surface area contributed by atoms with Gasteiger partial charge in [-0.3, -0.25) is 4.79 Å². The van der Waals surface area contributed by atoms with Crippen molar-refractivity contribution in [1.82, 2.24) is 9.97 Å². The number of aromatic amines is 1. The number of rotatable bonds is 3. The van der Waals surface area contributed by atoms with E-state index in [1.807, 2.05) is 19.1 Å². The van der Waals surface area contributed by atoms with Gasteiger partial charge in [0.1, 0.15) is 5.82 Å². The van der Waals surface area contributed by atoms with E-state index in [-0.39, 0.29) is 5.56 Å². The van der Waals surface area contributed by atoms with Gasteiger partial charge in [0.25, 0.3) is 5.56 Å². The van der Waals surface area contributed by atoms with Gasteiger partial charge in [-0.05, 0) is 31.4 Å². The van der Waals surface area contributed by atoms with Gasteiger partial charge >= 0.3 is 0 Å². The third-order valence-electron chi connectivity index (χ3n) is 3.20. The first kappa shape index (κ1) is 11.8. The van der Waals surface area contributed by atoms with E-state index in [9.17, 15) is 4.79 Å². The number of nitrogen functional groups attached to an aromatic ring is 1. The molecule has 19 heavy (non-hydrogen) atoms. The van der Waals surface area contributed by atoms with Crippen molar-refractivity contribution in [3.05, 3.63) is 46.0 Å². The average molecular weight is 257 g/mol. The van der Waals surface area contributed by atoms with E-state index in [1.54, 1.807) is 6.07 Å². The number of nitrogens with one attached hydrogen (secondary N) is 1. The molecule has 1 fully saturated rings. The first-order valence-electron chi connectivity index (χ1n) is 6.27. The van der Waals surface area contributed by atoms with Crippen LogP contribution >= 0.6 is 0 Å². The maximum absolute atomic E-state index is 11.6. The summed E-state index contributed by atoms with van der Waals surface area (Å²) >= 11 is 0. The minimum atomic E-state index is -0.196. The molecular weight excluding hydrogens is 242 g/mol. The van der Waals surface area contributed by atoms with Crippen molar-refractivity contribution in [3.8, 4) is 11.6 Å². The van der Waals surface area contributed by atoms with Crippen molar-refractivity contribution in [1.29, 1.82) is 0 Å². The number of H-pyrrole nitrogens is 1. The highest BCUT2D eigenvalue weighted by Gasteiger charge is 2.26. The molecule has 1 aliphatic carbocycles. The number of nitrogens with zero attached hydrogens (tertiary/aromatic N) is 1. The van der Waals surface area contributed by atoms with Crippen LogP contribution in [0.25, 0.3) is 0 Å². The Morgan fingerprint density at radius 1 is 1.42 bits per heavy atom. The normalized spacial score (nSPS) is 14.4. The highest BCUT2D eigenvalue weighted by atomic mass is 16.5. The molecule has 0 atom stereocenters. The lowest BCUT2D eigenvalue weighted by Crippen LogP contribution is -2.10. The SMILES string of the molecule is Cc1cccc(Oc2cc(=O)[nH]c(C3CC3)n2)c1N. The first-order chi connectivity index (χ1) is 9.13. The number of para-hydroxylation sites is 1. The third-order valence-corrected chi connectivity index (χ3v) is 3.20. The molecule has 0 radical (unpaired) electrons. The van der Waals surface area contributed by atoms with Crippen molar-refractivity contribution in [2.75, 3.05) is 5.73 Å². The van der Waals surface area contributed by atoms with Crippen LogP contribution in [0.15, 0.2) is 29.1 Å². The molecule has 1 aromatic carbocycles. The van der Waals surface area contributed by atoms with Gasteiger partial charge in [0.05, 0.1) is 11.8 Å². The van der Waals surface area contributed by atoms with Gasteiger partial charge in [0, 0.05) is 5.92 Å². The summed E-state index contributed by atoms with van der Waals surface area (Å²) in [6, 6.07) is 6.87. The number of aromatic nitrogens is 2. The highest BCUT2D eigenvalue weighted by molar-refractivity contribution is 5.58. The summed E-state index contributed by atoms with van der Waals surface area (Å²) in [4.78, 5) is 18.7. The fourth-order valence-electron chi connectivity index (χ4n) is 1.91. The van der Waals surface area contributed by atoms with Crippen LogP contribution < -0.4 is 16.0 Å². The Morgan fingerprint density at radius 2 is 2.21 bits per heavy atom. The van der Waals surface area contributed by atoms with Crippen LogP contribution in [-0.4, -0.2) is 9.97 Å². The summed E-state index contributed by atoms with van der Waals surface area (Å²) in [6.07, 6.45) is 2.14. The molecule has 0 unspecified atom stereocenters. The lowest BCUT2D eigenvalue weighted by atomic mass is 10.2. The molecule has 1 aliphatic rings. The van der Waals surface area contributed by atoms with E-state index in [1.165, 1.54) is 6.07 Å². The Kier molecular flexibility index (Phi) is 2.74. The van der Waals surface area contributed by atoms with Crippen LogP contribution in [0.4, 0.5) is 5.69 Å². The molecule has 3 N–H and O–H groups in total. The number of ether oxygens (including phenoxy) is 1. The van der Waals surface area contributed by atoms with Gasteiger partial charge in [-0.2, -0.15) is 4.98 Å². The Morgan fingerprint density at radius 3 is 2.95 bits per heavy atom. The maximum atomic E-state index is 11.6. The van der Waals surface area contributed by atoms with Crippen LogP contribution in [0.1, 0.15) is 30.1 Å². The van der Waals surface area contributed by atoms with E-state index in [0.717, 1.165) is 18.4 Å². The molecule has 0 spiro atoms. The third kappa shape index (κ3) is 2.45. The van der Waals surface area contributed by atoms with Gasteiger partial charge in [0.15, 0.2) is 5.75 Å². The van der Waals surface area contributed by atoms with E-state index in [4.69, 9.17) is 10.5 Å². The number of aryl methyl sites for hydroxylation is 1. The molecule has 3 rings (SSSR count). The van der Waals surface area contributed by atoms with Gasteiger partial charge in [-0.25, -0.2) is 0 Å². The smallest absolute Gasteiger partial charge is 0.254 e. The standard InChI is InChI=1S/C14H15N3O2/c1-8-3-2-4-10(13(8)15)19-12-7-11(18)16-14(17-12)9-5-6-9/h2-4,7,9H,5-6,15H2,1H3,(H,16,17,18). The number of hydrogen-bond donors (Lipinski definition) is 2. The molecule has 5 heteroatoms. The van der Waals surface area contributed by atoms with E-state index >= 15 is 0 Å². The molecule has 1 saturated carbocycles. The second-order valence-corrected chi connectivity index (χ2v) is 4.83. The van der Waals surface area contributed by atoms with Gasteiger partial charge in [0.2, 0.25) is 5.88 Å². The summed E-state index contributed by atoms with van der Waals surface area (Å²) in [5, 5.41) is 0. The zero-order chi connectivity index (χ0) is 13.4. The fraction of sp³-hybridized carbons (Fsp3) is 0.286. The van der Waals surface area contributed by atoms with Crippen LogP contribution in [-0.2, 0) is 0 Å². The first-order valence-corrected chi connectivity index (χ1v) is 6.27. The highest BCUT2D eigenvalue weighted by Crippen LogP contribution is 2.38. The number of benzene rings is 1. The zero-order valence-electron chi connectivity index (χ0n) is 10.6.